The molecule has 1 saturated heterocycles. The van der Waals surface area contributed by atoms with Gasteiger partial charge in [0.15, 0.2) is 11.4 Å². The first-order valence-electron chi connectivity index (χ1n) is 11.4. The molecule has 2 aliphatic heterocycles. The molecule has 0 unspecified atom stereocenters. The number of carbonyl (C=O) groups excluding carboxylic acids is 1. The number of piperidine rings is 1. The summed E-state index contributed by atoms with van der Waals surface area (Å²) >= 11 is 0.561. The van der Waals surface area contributed by atoms with E-state index in [1.54, 1.807) is 12.1 Å². The van der Waals surface area contributed by atoms with Gasteiger partial charge in [-0.05, 0) is 11.6 Å². The van der Waals surface area contributed by atoms with Gasteiger partial charge in [-0.25, -0.2) is 21.5 Å². The smallest absolute Gasteiger partial charge is 0.278 e. The molecule has 0 radical (unpaired) electrons. The standard InChI is InChI=1S/C23H26F2N6O5S2/c1-28-22(34)18-20(33)19(32)15(21(27)37-17(26)10-13-4-5-14(24)11-16(13)25)12-31(18)29(2)23(28)6-8-30(9-7-23)38(3,35)36/h4-5,11-12,26-27,33H,6-10H2,1-3H3. The number of carbonyl (C=O) groups is 1. The third-order valence-corrected chi connectivity index (χ3v) is 9.17. The second-order valence-corrected chi connectivity index (χ2v) is 12.3. The fourth-order valence-electron chi connectivity index (χ4n) is 4.84. The maximum absolute atomic E-state index is 14.0. The van der Waals surface area contributed by atoms with E-state index in [4.69, 9.17) is 10.8 Å². The van der Waals surface area contributed by atoms with Crippen molar-refractivity contribution >= 4 is 37.8 Å². The quantitative estimate of drug-likeness (QED) is 0.374. The molecule has 1 aromatic carbocycles. The summed E-state index contributed by atoms with van der Waals surface area (Å²) in [5.74, 6) is -3.11. The van der Waals surface area contributed by atoms with Gasteiger partial charge in [0.2, 0.25) is 15.5 Å². The number of rotatable bonds is 4. The molecule has 1 amide bonds. The Morgan fingerprint density at radius 3 is 2.37 bits per heavy atom. The Morgan fingerprint density at radius 1 is 1.16 bits per heavy atom. The molecule has 38 heavy (non-hydrogen) atoms. The average Bonchev–Trinajstić information content (AvgIpc) is 2.84. The van der Waals surface area contributed by atoms with Crippen molar-refractivity contribution in [1.82, 2.24) is 13.9 Å². The number of hydrogen-bond donors (Lipinski definition) is 3. The van der Waals surface area contributed by atoms with Crippen molar-refractivity contribution < 1.29 is 27.1 Å². The normalized spacial score (nSPS) is 17.6. The second-order valence-electron chi connectivity index (χ2n) is 9.21. The largest absolute Gasteiger partial charge is 0.502 e. The molecule has 2 aliphatic rings. The zero-order valence-corrected chi connectivity index (χ0v) is 22.4. The summed E-state index contributed by atoms with van der Waals surface area (Å²) in [6.07, 6.45) is 2.59. The molecule has 1 aromatic heterocycles. The monoisotopic (exact) mass is 568 g/mol. The van der Waals surface area contributed by atoms with Gasteiger partial charge in [0.25, 0.3) is 5.91 Å². The summed E-state index contributed by atoms with van der Waals surface area (Å²) in [5, 5.41) is 28.3. The van der Waals surface area contributed by atoms with Crippen molar-refractivity contribution in [2.75, 3.05) is 38.4 Å². The van der Waals surface area contributed by atoms with Crippen molar-refractivity contribution in [3.8, 4) is 5.75 Å². The molecule has 1 spiro atoms. The number of aromatic nitrogens is 1. The van der Waals surface area contributed by atoms with Gasteiger partial charge in [-0.1, -0.05) is 17.8 Å². The number of hydrogen-bond acceptors (Lipinski definition) is 9. The number of amides is 1. The summed E-state index contributed by atoms with van der Waals surface area (Å²) in [6, 6.07) is 2.93. The highest BCUT2D eigenvalue weighted by Crippen LogP contribution is 2.37. The predicted molar refractivity (Wildman–Crippen MR) is 139 cm³/mol. The van der Waals surface area contributed by atoms with Crippen LogP contribution in [0.15, 0.2) is 29.2 Å². The maximum atomic E-state index is 14.0. The zero-order chi connectivity index (χ0) is 28.2. The number of pyridine rings is 1. The number of nitrogens with zero attached hydrogens (tertiary/aromatic N) is 4. The topological polar surface area (TPSA) is 151 Å². The number of sulfonamides is 1. The number of nitrogens with one attached hydrogen (secondary N) is 2. The number of halogens is 2. The fourth-order valence-corrected chi connectivity index (χ4v) is 6.41. The third-order valence-electron chi connectivity index (χ3n) is 7.05. The van der Waals surface area contributed by atoms with Crippen LogP contribution in [0.5, 0.6) is 5.75 Å². The van der Waals surface area contributed by atoms with E-state index in [2.05, 4.69) is 0 Å². The lowest BCUT2D eigenvalue weighted by atomic mass is 9.93. The first-order chi connectivity index (χ1) is 17.7. The van der Waals surface area contributed by atoms with Crippen LogP contribution in [-0.4, -0.2) is 82.5 Å². The molecule has 204 valence electrons. The van der Waals surface area contributed by atoms with Gasteiger partial charge in [-0.3, -0.25) is 30.1 Å². The zero-order valence-electron chi connectivity index (χ0n) is 20.8. The molecular weight excluding hydrogens is 542 g/mol. The lowest BCUT2D eigenvalue weighted by molar-refractivity contribution is 0.0194. The number of aromatic hydroxyl groups is 1. The first-order valence-corrected chi connectivity index (χ1v) is 14.1. The van der Waals surface area contributed by atoms with E-state index < -0.39 is 49.4 Å². The van der Waals surface area contributed by atoms with Crippen LogP contribution in [0.4, 0.5) is 8.78 Å². The summed E-state index contributed by atoms with van der Waals surface area (Å²) in [6.45, 7) is 0.301. The van der Waals surface area contributed by atoms with Gasteiger partial charge >= 0.3 is 0 Å². The van der Waals surface area contributed by atoms with Crippen molar-refractivity contribution in [3.05, 3.63) is 63.1 Å². The highest BCUT2D eigenvalue weighted by Gasteiger charge is 2.50. The van der Waals surface area contributed by atoms with Gasteiger partial charge in [0, 0.05) is 58.7 Å². The second kappa shape index (κ2) is 9.78. The molecule has 15 heteroatoms. The molecule has 0 atom stereocenters. The molecule has 2 aromatic rings. The predicted octanol–water partition coefficient (Wildman–Crippen LogP) is 1.52. The van der Waals surface area contributed by atoms with E-state index in [9.17, 15) is 31.9 Å². The molecule has 1 fully saturated rings. The van der Waals surface area contributed by atoms with Crippen LogP contribution in [0.3, 0.4) is 0 Å². The van der Waals surface area contributed by atoms with Crippen LogP contribution >= 0.6 is 11.8 Å². The summed E-state index contributed by atoms with van der Waals surface area (Å²) in [7, 11) is -0.280. The van der Waals surface area contributed by atoms with Crippen molar-refractivity contribution in [1.29, 1.82) is 10.8 Å². The molecule has 3 N–H and O–H groups in total. The third kappa shape index (κ3) is 4.69. The average molecular weight is 569 g/mol. The molecular formula is C23H26F2N6O5S2. The highest BCUT2D eigenvalue weighted by atomic mass is 32.2. The molecule has 0 aliphatic carbocycles. The Morgan fingerprint density at radius 2 is 1.79 bits per heavy atom. The van der Waals surface area contributed by atoms with Crippen LogP contribution in [0.1, 0.15) is 34.5 Å². The van der Waals surface area contributed by atoms with Crippen LogP contribution < -0.4 is 10.4 Å². The van der Waals surface area contributed by atoms with Gasteiger partial charge in [-0.15, -0.1) is 0 Å². The van der Waals surface area contributed by atoms with E-state index in [-0.39, 0.29) is 54.2 Å². The van der Waals surface area contributed by atoms with Crippen molar-refractivity contribution in [2.45, 2.75) is 24.9 Å². The number of fused-ring (bicyclic) bond motifs is 1. The Hall–Kier alpha value is -3.30. The Kier molecular flexibility index (Phi) is 7.14. The highest BCUT2D eigenvalue weighted by molar-refractivity contribution is 8.26. The van der Waals surface area contributed by atoms with Gasteiger partial charge in [0.05, 0.1) is 16.9 Å². The van der Waals surface area contributed by atoms with Crippen molar-refractivity contribution in [2.24, 2.45) is 0 Å². The van der Waals surface area contributed by atoms with Gasteiger partial charge < -0.3 is 10.0 Å². The lowest BCUT2D eigenvalue weighted by Crippen LogP contribution is -2.71. The maximum Gasteiger partial charge on any atom is 0.278 e. The molecule has 0 saturated carbocycles. The molecule has 11 nitrogen and oxygen atoms in total. The minimum atomic E-state index is -3.43. The first kappa shape index (κ1) is 27.7. The van der Waals surface area contributed by atoms with E-state index in [1.807, 2.05) is 0 Å². The number of benzene rings is 1. The Bertz CT molecular complexity index is 1520. The SMILES string of the molecule is CN1C(=O)c2c(O)c(=O)c(C(=N)SC(=N)Cc3ccc(F)cc3F)cn2N(C)C12CCN(S(C)(=O)=O)CC2. The summed E-state index contributed by atoms with van der Waals surface area (Å²) in [4.78, 5) is 27.6. The van der Waals surface area contributed by atoms with E-state index in [0.717, 1.165) is 12.3 Å². The molecule has 0 bridgehead atoms. The van der Waals surface area contributed by atoms with Gasteiger partial charge in [0.1, 0.15) is 22.3 Å². The molecule has 3 heterocycles. The summed E-state index contributed by atoms with van der Waals surface area (Å²) in [5.41, 5.74) is -2.49. The lowest BCUT2D eigenvalue weighted by Gasteiger charge is -2.55. The van der Waals surface area contributed by atoms with E-state index >= 15 is 0 Å². The van der Waals surface area contributed by atoms with Crippen molar-refractivity contribution in [3.63, 3.8) is 0 Å². The van der Waals surface area contributed by atoms with Crippen LogP contribution in [0, 0.1) is 22.5 Å². The van der Waals surface area contributed by atoms with E-state index in [0.29, 0.717) is 17.8 Å². The minimum Gasteiger partial charge on any atom is -0.502 e. The van der Waals surface area contributed by atoms with Crippen LogP contribution in [0.2, 0.25) is 0 Å². The summed E-state index contributed by atoms with van der Waals surface area (Å²) < 4.78 is 53.8. The number of thioether (sulfide) groups is 1. The van der Waals surface area contributed by atoms with Crippen LogP contribution in [0.25, 0.3) is 0 Å². The minimum absolute atomic E-state index is 0.0393. The van der Waals surface area contributed by atoms with Gasteiger partial charge in [-0.2, -0.15) is 0 Å². The Balaban J connectivity index is 1.65. The molecule has 4 rings (SSSR count). The van der Waals surface area contributed by atoms with Crippen LogP contribution in [-0.2, 0) is 16.4 Å². The Labute approximate surface area is 221 Å². The van der Waals surface area contributed by atoms with E-state index in [1.165, 1.54) is 33.2 Å². The fraction of sp³-hybridized carbons (Fsp3) is 0.391.